The van der Waals surface area contributed by atoms with Crippen molar-refractivity contribution in [2.75, 3.05) is 26.2 Å². The number of aliphatic imine (C=N–C) groups is 1. The number of hydrogen-bond acceptors (Lipinski definition) is 5. The average molecular weight is 474 g/mol. The summed E-state index contributed by atoms with van der Waals surface area (Å²) in [7, 11) is 1.91. The summed E-state index contributed by atoms with van der Waals surface area (Å²) >= 11 is 0. The summed E-state index contributed by atoms with van der Waals surface area (Å²) in [5.41, 5.74) is 2.05. The quantitative estimate of drug-likeness (QED) is 0.407. The number of ether oxygens (including phenoxy) is 1. The van der Waals surface area contributed by atoms with Gasteiger partial charge in [-0.2, -0.15) is 5.10 Å². The third-order valence-electron chi connectivity index (χ3n) is 4.15. The van der Waals surface area contributed by atoms with Crippen LogP contribution in [-0.4, -0.2) is 52.0 Å². The highest BCUT2D eigenvalue weighted by atomic mass is 127. The van der Waals surface area contributed by atoms with Crippen LogP contribution in [0.25, 0.3) is 0 Å². The van der Waals surface area contributed by atoms with E-state index in [9.17, 15) is 0 Å². The van der Waals surface area contributed by atoms with Gasteiger partial charge in [-0.3, -0.25) is 4.68 Å². The van der Waals surface area contributed by atoms with Crippen LogP contribution in [-0.2, 0) is 24.8 Å². The second kappa shape index (κ2) is 9.91. The van der Waals surface area contributed by atoms with E-state index in [0.717, 1.165) is 49.0 Å². The molecule has 2 aromatic rings. The molecular formula is C17H27IN6O2. The van der Waals surface area contributed by atoms with Crippen molar-refractivity contribution in [1.82, 2.24) is 25.2 Å². The van der Waals surface area contributed by atoms with Crippen molar-refractivity contribution in [2.24, 2.45) is 12.0 Å². The number of aromatic nitrogens is 3. The molecule has 1 aliphatic rings. The Morgan fingerprint density at radius 3 is 2.92 bits per heavy atom. The van der Waals surface area contributed by atoms with Gasteiger partial charge < -0.3 is 19.5 Å². The van der Waals surface area contributed by atoms with Crippen LogP contribution < -0.4 is 5.32 Å². The molecule has 0 spiro atoms. The molecule has 0 bridgehead atoms. The summed E-state index contributed by atoms with van der Waals surface area (Å²) in [6, 6.07) is 1.96. The molecule has 1 saturated heterocycles. The van der Waals surface area contributed by atoms with Gasteiger partial charge in [0, 0.05) is 38.0 Å². The highest BCUT2D eigenvalue weighted by Crippen LogP contribution is 2.21. The SMILES string of the molecule is CCNC(=NCc1cc(CC)no1)N1CCOC(c2cnn(C)c2)C1.I. The zero-order valence-electron chi connectivity index (χ0n) is 15.5. The molecule has 1 unspecified atom stereocenters. The topological polar surface area (TPSA) is 80.7 Å². The third-order valence-corrected chi connectivity index (χ3v) is 4.15. The van der Waals surface area contributed by atoms with Gasteiger partial charge in [0.05, 0.1) is 25.0 Å². The highest BCUT2D eigenvalue weighted by molar-refractivity contribution is 14.0. The first-order valence-corrected chi connectivity index (χ1v) is 8.77. The molecule has 0 radical (unpaired) electrons. The summed E-state index contributed by atoms with van der Waals surface area (Å²) in [4.78, 5) is 6.93. The molecule has 3 heterocycles. The second-order valence-electron chi connectivity index (χ2n) is 6.06. The van der Waals surface area contributed by atoms with E-state index < -0.39 is 0 Å². The van der Waals surface area contributed by atoms with E-state index in [1.165, 1.54) is 0 Å². The van der Waals surface area contributed by atoms with E-state index in [4.69, 9.17) is 14.3 Å². The lowest BCUT2D eigenvalue weighted by molar-refractivity contribution is -0.00806. The fourth-order valence-corrected chi connectivity index (χ4v) is 2.83. The number of morpholine rings is 1. The zero-order chi connectivity index (χ0) is 17.6. The van der Waals surface area contributed by atoms with E-state index in [2.05, 4.69) is 34.3 Å². The molecule has 1 aliphatic heterocycles. The number of rotatable bonds is 5. The first kappa shape index (κ1) is 20.7. The summed E-state index contributed by atoms with van der Waals surface area (Å²) in [5, 5.41) is 11.6. The second-order valence-corrected chi connectivity index (χ2v) is 6.06. The van der Waals surface area contributed by atoms with Crippen molar-refractivity contribution < 1.29 is 9.26 Å². The predicted octanol–water partition coefficient (Wildman–Crippen LogP) is 2.13. The van der Waals surface area contributed by atoms with Gasteiger partial charge >= 0.3 is 0 Å². The summed E-state index contributed by atoms with van der Waals surface area (Å²) in [5.74, 6) is 1.65. The van der Waals surface area contributed by atoms with Crippen LogP contribution >= 0.6 is 24.0 Å². The van der Waals surface area contributed by atoms with Gasteiger partial charge in [0.2, 0.25) is 0 Å². The Balaban J connectivity index is 0.00000243. The Morgan fingerprint density at radius 1 is 1.42 bits per heavy atom. The highest BCUT2D eigenvalue weighted by Gasteiger charge is 2.25. The van der Waals surface area contributed by atoms with Crippen molar-refractivity contribution in [3.8, 4) is 0 Å². The normalized spacial score (nSPS) is 17.9. The number of aryl methyl sites for hydroxylation is 2. The zero-order valence-corrected chi connectivity index (χ0v) is 17.8. The molecule has 1 fully saturated rings. The van der Waals surface area contributed by atoms with Gasteiger partial charge in [0.15, 0.2) is 11.7 Å². The van der Waals surface area contributed by atoms with Crippen molar-refractivity contribution in [3.63, 3.8) is 0 Å². The van der Waals surface area contributed by atoms with Crippen molar-refractivity contribution in [1.29, 1.82) is 0 Å². The van der Waals surface area contributed by atoms with E-state index in [-0.39, 0.29) is 30.1 Å². The van der Waals surface area contributed by atoms with Crippen LogP contribution in [0.5, 0.6) is 0 Å². The molecule has 26 heavy (non-hydrogen) atoms. The Bertz CT molecular complexity index is 714. The summed E-state index contributed by atoms with van der Waals surface area (Å²) < 4.78 is 13.0. The van der Waals surface area contributed by atoms with Gasteiger partial charge in [-0.25, -0.2) is 4.99 Å². The molecule has 1 atom stereocenters. The minimum Gasteiger partial charge on any atom is -0.370 e. The lowest BCUT2D eigenvalue weighted by Gasteiger charge is -2.34. The van der Waals surface area contributed by atoms with E-state index in [1.807, 2.05) is 25.5 Å². The minimum atomic E-state index is 0. The summed E-state index contributed by atoms with van der Waals surface area (Å²) in [6.07, 6.45) is 4.73. The predicted molar refractivity (Wildman–Crippen MR) is 110 cm³/mol. The molecular weight excluding hydrogens is 447 g/mol. The lowest BCUT2D eigenvalue weighted by atomic mass is 10.1. The van der Waals surface area contributed by atoms with Gasteiger partial charge in [-0.15, -0.1) is 24.0 Å². The molecule has 144 valence electrons. The third kappa shape index (κ3) is 5.19. The molecule has 0 saturated carbocycles. The molecule has 1 N–H and O–H groups in total. The van der Waals surface area contributed by atoms with Gasteiger partial charge in [0.25, 0.3) is 0 Å². The van der Waals surface area contributed by atoms with Crippen LogP contribution in [0.2, 0.25) is 0 Å². The van der Waals surface area contributed by atoms with Gasteiger partial charge in [-0.1, -0.05) is 12.1 Å². The van der Waals surface area contributed by atoms with Crippen molar-refractivity contribution in [3.05, 3.63) is 35.5 Å². The number of nitrogens with zero attached hydrogens (tertiary/aromatic N) is 5. The van der Waals surface area contributed by atoms with Gasteiger partial charge in [0.1, 0.15) is 12.6 Å². The van der Waals surface area contributed by atoms with Crippen LogP contribution in [0.15, 0.2) is 28.0 Å². The monoisotopic (exact) mass is 474 g/mol. The first-order valence-electron chi connectivity index (χ1n) is 8.77. The molecule has 2 aromatic heterocycles. The number of guanidine groups is 1. The average Bonchev–Trinajstić information content (AvgIpc) is 3.27. The number of hydrogen-bond donors (Lipinski definition) is 1. The first-order chi connectivity index (χ1) is 12.2. The fraction of sp³-hybridized carbons (Fsp3) is 0.588. The minimum absolute atomic E-state index is 0. The van der Waals surface area contributed by atoms with Crippen molar-refractivity contribution >= 4 is 29.9 Å². The molecule has 9 heteroatoms. The standard InChI is InChI=1S/C17H26N6O2.HI/c1-4-14-8-15(25-21-14)10-19-17(18-5-2)23-6-7-24-16(12-23)13-9-20-22(3)11-13;/h8-9,11,16H,4-7,10,12H2,1-3H3,(H,18,19);1H. The van der Waals surface area contributed by atoms with Gasteiger partial charge in [-0.05, 0) is 13.3 Å². The Morgan fingerprint density at radius 2 is 2.27 bits per heavy atom. The fourth-order valence-electron chi connectivity index (χ4n) is 2.83. The molecule has 0 aliphatic carbocycles. The maximum absolute atomic E-state index is 5.91. The van der Waals surface area contributed by atoms with Crippen molar-refractivity contribution in [2.45, 2.75) is 32.9 Å². The van der Waals surface area contributed by atoms with Crippen LogP contribution in [0, 0.1) is 0 Å². The Hall–Kier alpha value is -1.62. The van der Waals surface area contributed by atoms with E-state index >= 15 is 0 Å². The number of halogens is 1. The summed E-state index contributed by atoms with van der Waals surface area (Å²) in [6.45, 7) is 7.62. The lowest BCUT2D eigenvalue weighted by Crippen LogP contribution is -2.48. The molecule has 8 nitrogen and oxygen atoms in total. The molecule has 0 amide bonds. The van der Waals surface area contributed by atoms with E-state index in [0.29, 0.717) is 13.2 Å². The van der Waals surface area contributed by atoms with Crippen LogP contribution in [0.1, 0.15) is 37.0 Å². The van der Waals surface area contributed by atoms with Crippen LogP contribution in [0.3, 0.4) is 0 Å². The maximum atomic E-state index is 5.91. The maximum Gasteiger partial charge on any atom is 0.194 e. The molecule has 3 rings (SSSR count). The van der Waals surface area contributed by atoms with Crippen LogP contribution in [0.4, 0.5) is 0 Å². The number of nitrogens with one attached hydrogen (secondary N) is 1. The largest absolute Gasteiger partial charge is 0.370 e. The Labute approximate surface area is 171 Å². The Kier molecular flexibility index (Phi) is 7.88. The van der Waals surface area contributed by atoms with E-state index in [1.54, 1.807) is 4.68 Å². The smallest absolute Gasteiger partial charge is 0.194 e. The molecule has 0 aromatic carbocycles.